The largest absolute Gasteiger partial charge is 0.294 e. The Morgan fingerprint density at radius 3 is 2.04 bits per heavy atom. The average molecular weight is 674 g/mol. The van der Waals surface area contributed by atoms with Crippen molar-refractivity contribution in [2.45, 2.75) is 38.5 Å². The highest BCUT2D eigenvalue weighted by atomic mass is 15.2. The molecule has 0 N–H and O–H groups in total. The van der Waals surface area contributed by atoms with Crippen LogP contribution >= 0.6 is 0 Å². The van der Waals surface area contributed by atoms with Gasteiger partial charge in [0.1, 0.15) is 7.05 Å². The molecule has 0 radical (unpaired) electrons. The molecule has 0 saturated carbocycles. The number of aromatic nitrogens is 6. The van der Waals surface area contributed by atoms with Gasteiger partial charge in [-0.2, -0.15) is 0 Å². The first kappa shape index (κ1) is 29.5. The van der Waals surface area contributed by atoms with E-state index in [2.05, 4.69) is 197 Å². The molecule has 5 aromatic carbocycles. The number of nitrogens with zero attached hydrogens (tertiary/aromatic N) is 6. The molecule has 0 spiro atoms. The Labute approximate surface area is 302 Å². The first-order valence-electron chi connectivity index (χ1n) is 18.1. The number of pyridine rings is 1. The highest BCUT2D eigenvalue weighted by molar-refractivity contribution is 5.95. The maximum atomic E-state index is 5.21. The van der Waals surface area contributed by atoms with Gasteiger partial charge >= 0.3 is 0 Å². The molecule has 52 heavy (non-hydrogen) atoms. The van der Waals surface area contributed by atoms with Crippen molar-refractivity contribution >= 4 is 27.8 Å². The van der Waals surface area contributed by atoms with E-state index in [9.17, 15) is 0 Å². The maximum absolute atomic E-state index is 5.21. The lowest BCUT2D eigenvalue weighted by Crippen LogP contribution is -2.47. The Kier molecular flexibility index (Phi) is 5.64. The van der Waals surface area contributed by atoms with Gasteiger partial charge in [0, 0.05) is 22.7 Å². The Balaban J connectivity index is 1.30. The molecule has 6 nitrogen and oxygen atoms in total. The highest BCUT2D eigenvalue weighted by Gasteiger charge is 2.50. The topological polar surface area (TPSA) is 34.9 Å². The molecular formula is C46H37N6+. The van der Waals surface area contributed by atoms with E-state index in [4.69, 9.17) is 4.98 Å². The first-order chi connectivity index (χ1) is 25.2. The minimum absolute atomic E-state index is 0.171. The third-order valence-electron chi connectivity index (χ3n) is 12.3. The third kappa shape index (κ3) is 3.61. The van der Waals surface area contributed by atoms with Crippen molar-refractivity contribution in [2.75, 3.05) is 0 Å². The van der Waals surface area contributed by atoms with Gasteiger partial charge in [-0.25, -0.2) is 9.55 Å². The average Bonchev–Trinajstić information content (AvgIpc) is 3.83. The molecule has 0 saturated heterocycles. The SMILES string of the molecule is C[n+]1ccc2c(c1)C(C)(C)C(C)(C)c1c3[n+]([c-]n1-2)-c1cc(-n2c4ccccc4n4c5ccccc5nc24)ccc1-c1ccccc1-c1ccccc1-3. The van der Waals surface area contributed by atoms with Gasteiger partial charge < -0.3 is 0 Å². The van der Waals surface area contributed by atoms with Crippen molar-refractivity contribution in [3.8, 4) is 50.6 Å². The number of para-hydroxylation sites is 4. The molecule has 6 heteroatoms. The van der Waals surface area contributed by atoms with Crippen LogP contribution in [0.1, 0.15) is 39.0 Å². The molecule has 6 heterocycles. The van der Waals surface area contributed by atoms with Gasteiger partial charge in [-0.15, -0.1) is 0 Å². The van der Waals surface area contributed by atoms with E-state index in [1.165, 1.54) is 44.9 Å². The molecule has 250 valence electrons. The van der Waals surface area contributed by atoms with E-state index in [1.54, 1.807) is 0 Å². The number of hydrogen-bond acceptors (Lipinski definition) is 1. The Morgan fingerprint density at radius 2 is 1.27 bits per heavy atom. The molecule has 2 aliphatic rings. The maximum Gasteiger partial charge on any atom is 0.269 e. The number of benzene rings is 5. The van der Waals surface area contributed by atoms with Gasteiger partial charge in [-0.1, -0.05) is 107 Å². The van der Waals surface area contributed by atoms with Crippen LogP contribution in [0.15, 0.2) is 134 Å². The van der Waals surface area contributed by atoms with Gasteiger partial charge in [-0.3, -0.25) is 18.1 Å². The quantitative estimate of drug-likeness (QED) is 0.127. The van der Waals surface area contributed by atoms with Crippen molar-refractivity contribution in [3.05, 3.63) is 151 Å². The van der Waals surface area contributed by atoms with E-state index in [0.29, 0.717) is 0 Å². The standard InChI is InChI=1S/C46H37N6/c1-45(2)35-27-48(5)25-24-37(35)50-28-49-41-26-29(51-39-20-12-13-21-40(39)52-38-19-11-10-18-36(38)47-44(51)52)22-23-33(41)31-15-7-6-14-30(31)32-16-8-9-17-34(32)42(49)43(50)46(45,3)4/h6-27H,1-5H3/q+1. The second-order valence-electron chi connectivity index (χ2n) is 15.5. The van der Waals surface area contributed by atoms with Gasteiger partial charge in [-0.05, 0) is 69.6 Å². The van der Waals surface area contributed by atoms with Crippen LogP contribution in [0.3, 0.4) is 0 Å². The summed E-state index contributed by atoms with van der Waals surface area (Å²) in [7, 11) is 2.11. The van der Waals surface area contributed by atoms with Crippen molar-refractivity contribution < 1.29 is 9.13 Å². The minimum atomic E-state index is -0.256. The summed E-state index contributed by atoms with van der Waals surface area (Å²) in [5, 5.41) is 0. The molecule has 9 aromatic rings. The second-order valence-corrected chi connectivity index (χ2v) is 15.5. The molecule has 2 aliphatic heterocycles. The zero-order valence-corrected chi connectivity index (χ0v) is 29.9. The Morgan fingerprint density at radius 1 is 0.635 bits per heavy atom. The van der Waals surface area contributed by atoms with Gasteiger partial charge in [0.05, 0.1) is 44.8 Å². The van der Waals surface area contributed by atoms with Gasteiger partial charge in [0.15, 0.2) is 12.4 Å². The molecule has 0 aliphatic carbocycles. The van der Waals surface area contributed by atoms with Crippen LogP contribution < -0.4 is 9.13 Å². The lowest BCUT2D eigenvalue weighted by Gasteiger charge is -2.47. The Hall–Kier alpha value is -6.27. The van der Waals surface area contributed by atoms with Crippen LogP contribution in [0.2, 0.25) is 0 Å². The summed E-state index contributed by atoms with van der Waals surface area (Å²) in [5.41, 5.74) is 17.0. The summed E-state index contributed by atoms with van der Waals surface area (Å²) in [6.07, 6.45) is 8.43. The van der Waals surface area contributed by atoms with Crippen LogP contribution in [0.4, 0.5) is 0 Å². The zero-order valence-electron chi connectivity index (χ0n) is 29.9. The summed E-state index contributed by atoms with van der Waals surface area (Å²) in [6.45, 7) is 9.60. The van der Waals surface area contributed by atoms with E-state index in [0.717, 1.165) is 44.8 Å². The predicted molar refractivity (Wildman–Crippen MR) is 206 cm³/mol. The first-order valence-corrected chi connectivity index (χ1v) is 18.1. The summed E-state index contributed by atoms with van der Waals surface area (Å²) in [5.74, 6) is 0.897. The van der Waals surface area contributed by atoms with Crippen molar-refractivity contribution in [2.24, 2.45) is 7.05 Å². The lowest BCUT2D eigenvalue weighted by molar-refractivity contribution is -0.672. The van der Waals surface area contributed by atoms with E-state index >= 15 is 0 Å². The van der Waals surface area contributed by atoms with Crippen LogP contribution in [0.25, 0.3) is 78.4 Å². The van der Waals surface area contributed by atoms with Crippen LogP contribution in [0, 0.1) is 6.33 Å². The second kappa shape index (κ2) is 9.95. The van der Waals surface area contributed by atoms with Crippen LogP contribution in [-0.4, -0.2) is 18.5 Å². The van der Waals surface area contributed by atoms with E-state index < -0.39 is 0 Å². The monoisotopic (exact) mass is 673 g/mol. The van der Waals surface area contributed by atoms with Crippen molar-refractivity contribution in [1.29, 1.82) is 0 Å². The summed E-state index contributed by atoms with van der Waals surface area (Å²) < 4.78 is 11.5. The molecule has 4 aromatic heterocycles. The molecule has 11 rings (SSSR count). The molecule has 0 fully saturated rings. The number of imidazole rings is 3. The summed E-state index contributed by atoms with van der Waals surface area (Å²) >= 11 is 0. The van der Waals surface area contributed by atoms with Crippen molar-refractivity contribution in [3.63, 3.8) is 0 Å². The minimum Gasteiger partial charge on any atom is -0.294 e. The number of fused-ring (bicyclic) bond motifs is 17. The fourth-order valence-corrected chi connectivity index (χ4v) is 9.04. The van der Waals surface area contributed by atoms with E-state index in [1.807, 2.05) is 0 Å². The highest BCUT2D eigenvalue weighted by Crippen LogP contribution is 2.53. The van der Waals surface area contributed by atoms with Gasteiger partial charge in [0.25, 0.3) is 6.33 Å². The predicted octanol–water partition coefficient (Wildman–Crippen LogP) is 9.01. The van der Waals surface area contributed by atoms with Crippen molar-refractivity contribution in [1.82, 2.24) is 18.5 Å². The summed E-state index contributed by atoms with van der Waals surface area (Å²) in [4.78, 5) is 5.21. The number of rotatable bonds is 1. The fourth-order valence-electron chi connectivity index (χ4n) is 9.04. The van der Waals surface area contributed by atoms with Gasteiger partial charge in [0.2, 0.25) is 5.78 Å². The molecule has 0 unspecified atom stereocenters. The van der Waals surface area contributed by atoms with Crippen LogP contribution in [-0.2, 0) is 17.9 Å². The Bertz CT molecular complexity index is 2980. The zero-order chi connectivity index (χ0) is 35.1. The number of aryl methyl sites for hydroxylation is 1. The smallest absolute Gasteiger partial charge is 0.269 e. The lowest BCUT2D eigenvalue weighted by atomic mass is 9.60. The molecular weight excluding hydrogens is 637 g/mol. The molecule has 0 amide bonds. The molecule has 0 atom stereocenters. The summed E-state index contributed by atoms with van der Waals surface area (Å²) in [6, 6.07) is 44.0. The number of hydrogen-bond donors (Lipinski definition) is 0. The fraction of sp³-hybridized carbons (Fsp3) is 0.152. The van der Waals surface area contributed by atoms with E-state index in [-0.39, 0.29) is 10.8 Å². The third-order valence-corrected chi connectivity index (χ3v) is 12.3. The van der Waals surface area contributed by atoms with Crippen LogP contribution in [0.5, 0.6) is 0 Å². The normalized spacial score (nSPS) is 14.9. The molecule has 0 bridgehead atoms.